The van der Waals surface area contributed by atoms with E-state index in [4.69, 9.17) is 18.8 Å². The molecular weight excluding hydrogens is 1750 g/mol. The molecule has 0 atom stereocenters. The molecule has 2 aliphatic heterocycles. The van der Waals surface area contributed by atoms with Gasteiger partial charge in [0.15, 0.2) is 11.6 Å². The summed E-state index contributed by atoms with van der Waals surface area (Å²) in [6.45, 7) is 21.1. The number of hydrogen-bond donors (Lipinski definition) is 4. The largest absolute Gasteiger partial charge is 0.462 e. The number of Topliss-reactive ketones (excluding diaryl/α,β-unsaturated/α-hetero) is 3. The van der Waals surface area contributed by atoms with E-state index in [1.807, 2.05) is 94.3 Å². The van der Waals surface area contributed by atoms with E-state index in [0.717, 1.165) is 53.9 Å². The highest BCUT2D eigenvalue weighted by Crippen LogP contribution is 2.55. The van der Waals surface area contributed by atoms with E-state index in [2.05, 4.69) is 95.9 Å². The normalized spacial score (nSPS) is 14.8. The van der Waals surface area contributed by atoms with Crippen molar-refractivity contribution in [2.45, 2.75) is 155 Å². The molecule has 2 saturated carbocycles. The van der Waals surface area contributed by atoms with Crippen LogP contribution in [-0.2, 0) is 38.1 Å². The van der Waals surface area contributed by atoms with Gasteiger partial charge in [-0.25, -0.2) is 40.7 Å². The number of aryl methyl sites for hydroxylation is 1. The summed E-state index contributed by atoms with van der Waals surface area (Å²) in [5.74, 6) is 4.61. The summed E-state index contributed by atoms with van der Waals surface area (Å²) in [7, 11) is -3.73. The van der Waals surface area contributed by atoms with Gasteiger partial charge in [0.25, 0.3) is 29.4 Å². The Kier molecular flexibility index (Phi) is 34.9. The number of esters is 1. The number of hydrogen-bond acceptors (Lipinski definition) is 22. The molecule has 614 valence electrons. The lowest BCUT2D eigenvalue weighted by Gasteiger charge is -2.58. The van der Waals surface area contributed by atoms with Gasteiger partial charge in [-0.15, -0.1) is 0 Å². The van der Waals surface area contributed by atoms with E-state index in [0.29, 0.717) is 52.5 Å². The molecule has 2 amide bonds. The highest BCUT2D eigenvalue weighted by molar-refractivity contribution is 14.1. The molecule has 2 aliphatic carbocycles. The number of carbonyl (C=O) groups excluding carboxylic acids is 6. The summed E-state index contributed by atoms with van der Waals surface area (Å²) in [5, 5.41) is 17.1. The second-order valence-corrected chi connectivity index (χ2v) is 31.8. The first-order valence-electron chi connectivity index (χ1n) is 34.9. The standard InChI is InChI=1S/C20H25IN4O2.C18H25NO5S.C9H6F2IN3.C9H7F2N3.C9H7F2NO2.C7H7NO.C4H6F2O2.H4N2/c1-13-16(21)17(14-6-5-7-22-10-14)23-25(13)15-8-20(9-15)11-24(12-20)18(26)27-19(2,3)4;1-13-5-7-15(8-6-13)25(21,22)24-14-9-18(10-14)11-19(12-18)16(20)23-17(2,3)4;10-9(11)8-6(12)7(14-15-8)5-2-1-3-13-4-5;10-9(11)8-4-7(13-14-8)6-2-1-3-12-5-6;10-9(11)8(14)4-7(13)6-2-1-3-12-5-6;1-6(9)7-3-2-4-8-5-7;1-2-8-4(7)3(5)6;1-2/h5-7,10,15H,8-9,11-12H2,1-4H3;5-8,14H,9-12H2,1-4H3;1-4,9H,(H,14,15);1-5,9H,(H,13,14);1-3,5,9H,4H2;2-5H,1H3;3H,2H2,1H3;1-2H2. The highest BCUT2D eigenvalue weighted by atomic mass is 127. The van der Waals surface area contributed by atoms with Gasteiger partial charge in [-0.2, -0.15) is 32.5 Å². The molecule has 114 heavy (non-hydrogen) atoms. The monoisotopic (exact) mass is 1840 g/mol. The fraction of sp³-hybridized carbons (Fsp3) is 0.395. The van der Waals surface area contributed by atoms with Gasteiger partial charge in [-0.3, -0.25) is 70.1 Å². The van der Waals surface area contributed by atoms with Crippen molar-refractivity contribution in [2.75, 3.05) is 32.8 Å². The third-order valence-electron chi connectivity index (χ3n) is 16.8. The zero-order chi connectivity index (χ0) is 84.5. The predicted molar refractivity (Wildman–Crippen MR) is 420 cm³/mol. The van der Waals surface area contributed by atoms with Crippen molar-refractivity contribution in [3.8, 4) is 33.8 Å². The number of alkyl halides is 8. The summed E-state index contributed by atoms with van der Waals surface area (Å²) >= 11 is 4.23. The lowest BCUT2D eigenvalue weighted by atomic mass is 9.61. The van der Waals surface area contributed by atoms with Crippen LogP contribution in [0.1, 0.15) is 150 Å². The molecule has 27 nitrogen and oxygen atoms in total. The Hall–Kier alpha value is -9.65. The smallest absolute Gasteiger partial charge is 0.410 e. The number of likely N-dealkylation sites (tertiary alicyclic amines) is 2. The molecule has 0 unspecified atom stereocenters. The van der Waals surface area contributed by atoms with Gasteiger partial charge in [-0.05, 0) is 219 Å². The molecular formula is C76H87F8I2N15O12S. The molecule has 2 saturated heterocycles. The maximum atomic E-state index is 12.5. The van der Waals surface area contributed by atoms with E-state index in [9.17, 15) is 72.3 Å². The van der Waals surface area contributed by atoms with Gasteiger partial charge >= 0.3 is 24.6 Å². The number of pyridine rings is 5. The minimum Gasteiger partial charge on any atom is -0.462 e. The van der Waals surface area contributed by atoms with E-state index in [-0.39, 0.29) is 63.4 Å². The molecule has 9 aromatic rings. The lowest BCUT2D eigenvalue weighted by Crippen LogP contribution is -2.65. The predicted octanol–water partition coefficient (Wildman–Crippen LogP) is 15.4. The van der Waals surface area contributed by atoms with Gasteiger partial charge in [0.1, 0.15) is 34.0 Å². The number of ether oxygens (including phenoxy) is 3. The fourth-order valence-corrected chi connectivity index (χ4v) is 14.0. The number of aromatic amines is 2. The molecule has 2 spiro atoms. The van der Waals surface area contributed by atoms with Gasteiger partial charge in [0, 0.05) is 132 Å². The number of nitrogens with one attached hydrogen (secondary N) is 2. The maximum Gasteiger partial charge on any atom is 0.410 e. The van der Waals surface area contributed by atoms with E-state index in [1.54, 1.807) is 109 Å². The van der Waals surface area contributed by atoms with Crippen LogP contribution in [0.15, 0.2) is 158 Å². The Labute approximate surface area is 680 Å². The van der Waals surface area contributed by atoms with Crippen molar-refractivity contribution < 1.29 is 90.7 Å². The van der Waals surface area contributed by atoms with Gasteiger partial charge in [-0.1, -0.05) is 17.7 Å². The number of nitrogens with zero attached hydrogens (tertiary/aromatic N) is 11. The second kappa shape index (κ2) is 42.6. The SMILES string of the molecule is CC(=O)c1cccnc1.CCOC(=O)C(F)F.Cc1c(I)c(-c2cccnc2)nn1C1CC2(C1)CN(C(=O)OC(C)(C)C)C2.Cc1ccc(S(=O)(=O)OC2CC3(C2)CN(C(=O)OC(C)(C)C)C3)cc1.FC(F)c1[nH]nc(-c2cccnc2)c1I.FC(F)c1cc(-c2cccnc2)n[nH]1.NN.O=C(CC(=O)C(F)F)c1cccnc1. The Balaban J connectivity index is 0.000000214. The van der Waals surface area contributed by atoms with Crippen LogP contribution in [0.2, 0.25) is 0 Å². The zero-order valence-electron chi connectivity index (χ0n) is 63.6. The van der Waals surface area contributed by atoms with Crippen molar-refractivity contribution in [2.24, 2.45) is 22.5 Å². The number of amides is 2. The van der Waals surface area contributed by atoms with Crippen molar-refractivity contribution in [3.63, 3.8) is 0 Å². The van der Waals surface area contributed by atoms with E-state index >= 15 is 0 Å². The van der Waals surface area contributed by atoms with Gasteiger partial charge in [0.05, 0.1) is 42.9 Å². The van der Waals surface area contributed by atoms with Gasteiger partial charge in [0.2, 0.25) is 5.78 Å². The van der Waals surface area contributed by atoms with Crippen molar-refractivity contribution in [1.29, 1.82) is 0 Å². The van der Waals surface area contributed by atoms with Crippen molar-refractivity contribution >= 4 is 90.8 Å². The number of benzene rings is 1. The summed E-state index contributed by atoms with van der Waals surface area (Å²) < 4.78 is 144. The Morgan fingerprint density at radius 2 is 1.06 bits per heavy atom. The first-order chi connectivity index (χ1) is 53.7. The molecule has 13 rings (SSSR count). The molecule has 4 aliphatic rings. The lowest BCUT2D eigenvalue weighted by molar-refractivity contribution is -0.155. The average Bonchev–Trinajstić information content (AvgIpc) is 1.00. The third kappa shape index (κ3) is 27.8. The number of hydrazine groups is 1. The third-order valence-corrected chi connectivity index (χ3v) is 20.5. The van der Waals surface area contributed by atoms with Crippen LogP contribution in [0.3, 0.4) is 0 Å². The number of carbonyl (C=O) groups is 6. The minimum absolute atomic E-state index is 0.00315. The summed E-state index contributed by atoms with van der Waals surface area (Å²) in [6, 6.07) is 25.8. The van der Waals surface area contributed by atoms with Crippen LogP contribution in [0.25, 0.3) is 33.8 Å². The Bertz CT molecular complexity index is 4680. The molecule has 38 heteroatoms. The fourth-order valence-electron chi connectivity index (χ4n) is 11.5. The number of halogens is 10. The quantitative estimate of drug-likeness (QED) is 0.00803. The second-order valence-electron chi connectivity index (χ2n) is 28.1. The van der Waals surface area contributed by atoms with Crippen LogP contribution in [-0.4, -0.2) is 172 Å². The summed E-state index contributed by atoms with van der Waals surface area (Å²) in [5.41, 5.74) is 6.51. The molecule has 1 aromatic carbocycles. The van der Waals surface area contributed by atoms with Crippen LogP contribution in [0.4, 0.5) is 44.7 Å². The summed E-state index contributed by atoms with van der Waals surface area (Å²) in [4.78, 5) is 89.3. The molecule has 0 radical (unpaired) electrons. The first kappa shape index (κ1) is 93.2. The zero-order valence-corrected chi connectivity index (χ0v) is 68.8. The van der Waals surface area contributed by atoms with Crippen molar-refractivity contribution in [1.82, 2.24) is 64.9 Å². The average molecular weight is 1840 g/mol. The number of nitrogens with two attached hydrogens (primary N) is 2. The highest BCUT2D eigenvalue weighted by Gasteiger charge is 2.57. The number of H-pyrrole nitrogens is 2. The molecule has 0 bridgehead atoms. The van der Waals surface area contributed by atoms with Crippen molar-refractivity contribution in [3.05, 3.63) is 194 Å². The van der Waals surface area contributed by atoms with Crippen LogP contribution in [0, 0.1) is 31.8 Å². The maximum absolute atomic E-state index is 12.5. The molecule has 10 heterocycles. The van der Waals surface area contributed by atoms with E-state index < -0.39 is 71.0 Å². The topological polar surface area (TPSA) is 372 Å². The Morgan fingerprint density at radius 1 is 0.596 bits per heavy atom. The Morgan fingerprint density at radius 3 is 1.45 bits per heavy atom. The summed E-state index contributed by atoms with van der Waals surface area (Å²) in [6.07, 6.45) is 6.65. The first-order valence-corrected chi connectivity index (χ1v) is 38.5. The van der Waals surface area contributed by atoms with E-state index in [1.165, 1.54) is 53.7 Å². The molecule has 4 fully saturated rings. The molecule has 6 N–H and O–H groups in total. The van der Waals surface area contributed by atoms with Crippen LogP contribution < -0.4 is 11.7 Å². The van der Waals surface area contributed by atoms with Crippen LogP contribution >= 0.6 is 45.2 Å². The number of rotatable bonds is 16. The minimum atomic E-state index is -3.73. The molecule has 8 aromatic heterocycles. The van der Waals surface area contributed by atoms with Gasteiger partial charge < -0.3 is 24.0 Å². The van der Waals surface area contributed by atoms with Crippen LogP contribution in [0.5, 0.6) is 0 Å². The number of ketones is 3. The number of aromatic nitrogens is 11.